The van der Waals surface area contributed by atoms with Gasteiger partial charge >= 0.3 is 0 Å². The van der Waals surface area contributed by atoms with Crippen LogP contribution in [-0.2, 0) is 10.3 Å². The summed E-state index contributed by atoms with van der Waals surface area (Å²) in [6.45, 7) is 0. The van der Waals surface area contributed by atoms with E-state index in [1.807, 2.05) is 18.2 Å². The number of benzene rings is 1. The molecule has 82 valence electrons. The molecule has 0 saturated heterocycles. The molecule has 3 heteroatoms. The van der Waals surface area contributed by atoms with Crippen LogP contribution in [0.15, 0.2) is 18.2 Å². The van der Waals surface area contributed by atoms with Crippen molar-refractivity contribution in [3.8, 4) is 0 Å². The minimum Gasteiger partial charge on any atom is -0.374 e. The highest BCUT2D eigenvalue weighted by Gasteiger charge is 2.35. The first-order valence-corrected chi connectivity index (χ1v) is 5.94. The minimum atomic E-state index is -0.131. The van der Waals surface area contributed by atoms with E-state index in [4.69, 9.17) is 27.9 Å². The Kier molecular flexibility index (Phi) is 3.24. The molecule has 1 aliphatic carbocycles. The topological polar surface area (TPSA) is 9.23 Å². The number of hydrogen-bond donors (Lipinski definition) is 0. The number of methoxy groups -OCH3 is 1. The maximum absolute atomic E-state index is 6.02. The summed E-state index contributed by atoms with van der Waals surface area (Å²) in [5, 5.41) is 1.21. The van der Waals surface area contributed by atoms with Gasteiger partial charge in [0.2, 0.25) is 0 Å². The second-order valence-corrected chi connectivity index (χ2v) is 4.85. The molecular formula is C12H14Cl2O. The Morgan fingerprint density at radius 3 is 2.33 bits per heavy atom. The molecule has 0 radical (unpaired) electrons. The van der Waals surface area contributed by atoms with Gasteiger partial charge in [0.1, 0.15) is 0 Å². The molecule has 2 rings (SSSR count). The normalized spacial score (nSPS) is 19.4. The number of ether oxygens (including phenoxy) is 1. The van der Waals surface area contributed by atoms with Crippen LogP contribution >= 0.6 is 23.2 Å². The highest BCUT2D eigenvalue weighted by Crippen LogP contribution is 2.42. The molecule has 0 aromatic heterocycles. The lowest BCUT2D eigenvalue weighted by atomic mass is 9.92. The van der Waals surface area contributed by atoms with E-state index in [0.717, 1.165) is 18.4 Å². The first kappa shape index (κ1) is 11.3. The Labute approximate surface area is 100 Å². The van der Waals surface area contributed by atoms with Crippen molar-refractivity contribution < 1.29 is 4.74 Å². The van der Waals surface area contributed by atoms with Crippen LogP contribution in [0.25, 0.3) is 0 Å². The van der Waals surface area contributed by atoms with Gasteiger partial charge in [0, 0.05) is 7.11 Å². The van der Waals surface area contributed by atoms with E-state index in [1.165, 1.54) is 12.8 Å². The first-order chi connectivity index (χ1) is 7.18. The number of rotatable bonds is 2. The molecule has 0 aliphatic heterocycles. The van der Waals surface area contributed by atoms with E-state index >= 15 is 0 Å². The fourth-order valence-electron chi connectivity index (χ4n) is 2.34. The van der Waals surface area contributed by atoms with Crippen molar-refractivity contribution >= 4 is 23.2 Å². The fraction of sp³-hybridized carbons (Fsp3) is 0.500. The molecule has 0 spiro atoms. The number of halogens is 2. The van der Waals surface area contributed by atoms with Crippen molar-refractivity contribution in [2.45, 2.75) is 31.3 Å². The predicted molar refractivity (Wildman–Crippen MR) is 63.6 cm³/mol. The maximum atomic E-state index is 6.02. The van der Waals surface area contributed by atoms with Crippen molar-refractivity contribution in [3.63, 3.8) is 0 Å². The van der Waals surface area contributed by atoms with Gasteiger partial charge in [0.05, 0.1) is 15.6 Å². The van der Waals surface area contributed by atoms with Gasteiger partial charge in [-0.3, -0.25) is 0 Å². The molecule has 0 unspecified atom stereocenters. The third-order valence-corrected chi connectivity index (χ3v) is 3.99. The Hall–Kier alpha value is -0.240. The summed E-state index contributed by atoms with van der Waals surface area (Å²) in [5.74, 6) is 0. The third-order valence-electron chi connectivity index (χ3n) is 3.25. The molecule has 1 nitrogen and oxygen atoms in total. The van der Waals surface area contributed by atoms with Crippen molar-refractivity contribution in [1.82, 2.24) is 0 Å². The van der Waals surface area contributed by atoms with Crippen LogP contribution in [-0.4, -0.2) is 7.11 Å². The summed E-state index contributed by atoms with van der Waals surface area (Å²) in [7, 11) is 1.77. The Morgan fingerprint density at radius 2 is 1.80 bits per heavy atom. The molecule has 15 heavy (non-hydrogen) atoms. The molecule has 1 aromatic rings. The zero-order valence-corrected chi connectivity index (χ0v) is 10.2. The first-order valence-electron chi connectivity index (χ1n) is 5.19. The number of hydrogen-bond acceptors (Lipinski definition) is 1. The molecular weight excluding hydrogens is 231 g/mol. The molecule has 0 amide bonds. The van der Waals surface area contributed by atoms with E-state index in [-0.39, 0.29) is 5.60 Å². The standard InChI is InChI=1S/C12H14Cl2O/c1-15-12(6-2-3-7-12)9-4-5-10(13)11(14)8-9/h4-5,8H,2-3,6-7H2,1H3. The van der Waals surface area contributed by atoms with Crippen molar-refractivity contribution in [2.24, 2.45) is 0 Å². The Bertz CT molecular complexity index is 357. The van der Waals surface area contributed by atoms with Gasteiger partial charge in [-0.05, 0) is 30.5 Å². The molecule has 1 aliphatic rings. The van der Waals surface area contributed by atoms with E-state index in [2.05, 4.69) is 0 Å². The molecule has 0 heterocycles. The molecule has 1 aromatic carbocycles. The largest absolute Gasteiger partial charge is 0.374 e. The van der Waals surface area contributed by atoms with E-state index in [0.29, 0.717) is 10.0 Å². The highest BCUT2D eigenvalue weighted by molar-refractivity contribution is 6.42. The quantitative estimate of drug-likeness (QED) is 0.749. The summed E-state index contributed by atoms with van der Waals surface area (Å²) in [6.07, 6.45) is 4.57. The second kappa shape index (κ2) is 4.32. The van der Waals surface area contributed by atoms with Gasteiger partial charge < -0.3 is 4.74 Å². The molecule has 0 atom stereocenters. The zero-order chi connectivity index (χ0) is 10.9. The Balaban J connectivity index is 2.38. The summed E-state index contributed by atoms with van der Waals surface area (Å²) < 4.78 is 5.68. The lowest BCUT2D eigenvalue weighted by Crippen LogP contribution is -2.24. The van der Waals surface area contributed by atoms with E-state index in [1.54, 1.807) is 7.11 Å². The van der Waals surface area contributed by atoms with Gasteiger partial charge in [-0.2, -0.15) is 0 Å². The molecule has 1 fully saturated rings. The summed E-state index contributed by atoms with van der Waals surface area (Å²) in [5.41, 5.74) is 1.02. The lowest BCUT2D eigenvalue weighted by Gasteiger charge is -2.28. The van der Waals surface area contributed by atoms with Gasteiger partial charge in [0.25, 0.3) is 0 Å². The summed E-state index contributed by atoms with van der Waals surface area (Å²) in [6, 6.07) is 5.79. The van der Waals surface area contributed by atoms with Gasteiger partial charge in [-0.1, -0.05) is 42.1 Å². The van der Waals surface area contributed by atoms with Crippen LogP contribution in [0.4, 0.5) is 0 Å². The van der Waals surface area contributed by atoms with Crippen molar-refractivity contribution in [1.29, 1.82) is 0 Å². The average molecular weight is 245 g/mol. The smallest absolute Gasteiger partial charge is 0.0928 e. The maximum Gasteiger partial charge on any atom is 0.0928 e. The van der Waals surface area contributed by atoms with Crippen molar-refractivity contribution in [3.05, 3.63) is 33.8 Å². The van der Waals surface area contributed by atoms with Crippen LogP contribution in [0.5, 0.6) is 0 Å². The zero-order valence-electron chi connectivity index (χ0n) is 8.72. The average Bonchev–Trinajstić information content (AvgIpc) is 2.72. The van der Waals surface area contributed by atoms with Crippen LogP contribution in [0.3, 0.4) is 0 Å². The van der Waals surface area contributed by atoms with Gasteiger partial charge in [-0.15, -0.1) is 0 Å². The molecule has 1 saturated carbocycles. The van der Waals surface area contributed by atoms with Crippen LogP contribution in [0.1, 0.15) is 31.2 Å². The second-order valence-electron chi connectivity index (χ2n) is 4.03. The van der Waals surface area contributed by atoms with Gasteiger partial charge in [0.15, 0.2) is 0 Å². The summed E-state index contributed by atoms with van der Waals surface area (Å²) >= 11 is 11.9. The van der Waals surface area contributed by atoms with Crippen molar-refractivity contribution in [2.75, 3.05) is 7.11 Å². The van der Waals surface area contributed by atoms with Crippen LogP contribution in [0, 0.1) is 0 Å². The predicted octanol–water partition coefficient (Wildman–Crippen LogP) is 4.41. The minimum absolute atomic E-state index is 0.131. The molecule has 0 N–H and O–H groups in total. The van der Waals surface area contributed by atoms with Crippen LogP contribution < -0.4 is 0 Å². The lowest BCUT2D eigenvalue weighted by molar-refractivity contribution is -0.00869. The highest BCUT2D eigenvalue weighted by atomic mass is 35.5. The van der Waals surface area contributed by atoms with Crippen LogP contribution in [0.2, 0.25) is 10.0 Å². The van der Waals surface area contributed by atoms with Gasteiger partial charge in [-0.25, -0.2) is 0 Å². The SMILES string of the molecule is COC1(c2ccc(Cl)c(Cl)c2)CCCC1. The van der Waals surface area contributed by atoms with E-state index < -0.39 is 0 Å². The fourth-order valence-corrected chi connectivity index (χ4v) is 2.63. The molecule has 0 bridgehead atoms. The summed E-state index contributed by atoms with van der Waals surface area (Å²) in [4.78, 5) is 0. The third kappa shape index (κ3) is 2.01. The Morgan fingerprint density at radius 1 is 1.13 bits per heavy atom. The monoisotopic (exact) mass is 244 g/mol. The van der Waals surface area contributed by atoms with E-state index in [9.17, 15) is 0 Å².